The molecule has 0 unspecified atom stereocenters. The Morgan fingerprint density at radius 3 is 2.48 bits per heavy atom. The molecule has 6 nitrogen and oxygen atoms in total. The summed E-state index contributed by atoms with van der Waals surface area (Å²) in [6.45, 7) is 5.13. The Morgan fingerprint density at radius 2 is 1.80 bits per heavy atom. The molecule has 0 aromatic heterocycles. The number of benzene rings is 1. The Morgan fingerprint density at radius 1 is 1.12 bits per heavy atom. The van der Waals surface area contributed by atoms with Crippen molar-refractivity contribution in [3.63, 3.8) is 0 Å². The summed E-state index contributed by atoms with van der Waals surface area (Å²) in [6, 6.07) is 5.02. The van der Waals surface area contributed by atoms with Gasteiger partial charge in [0.15, 0.2) is 6.10 Å². The van der Waals surface area contributed by atoms with Crippen molar-refractivity contribution in [1.29, 1.82) is 0 Å². The summed E-state index contributed by atoms with van der Waals surface area (Å²) in [7, 11) is 0. The van der Waals surface area contributed by atoms with Crippen LogP contribution in [0.5, 0.6) is 0 Å². The lowest BCUT2D eigenvalue weighted by Crippen LogP contribution is -2.48. The van der Waals surface area contributed by atoms with Crippen LogP contribution in [0.3, 0.4) is 0 Å². The first-order valence-corrected chi connectivity index (χ1v) is 8.76. The molecule has 0 radical (unpaired) electrons. The van der Waals surface area contributed by atoms with E-state index in [9.17, 15) is 14.4 Å². The first kappa shape index (κ1) is 19.0. The number of ether oxygens (including phenoxy) is 1. The largest absolute Gasteiger partial charge is 0.449 e. The third-order valence-corrected chi connectivity index (χ3v) is 4.44. The molecule has 136 valence electrons. The molecule has 1 atom stereocenters. The Labute approximate surface area is 148 Å². The third kappa shape index (κ3) is 5.59. The maximum Gasteiger partial charge on any atom is 0.339 e. The van der Waals surface area contributed by atoms with Gasteiger partial charge in [-0.2, -0.15) is 0 Å². The zero-order chi connectivity index (χ0) is 18.4. The van der Waals surface area contributed by atoms with Crippen LogP contribution in [-0.2, 0) is 9.53 Å². The Kier molecular flexibility index (Phi) is 6.56. The summed E-state index contributed by atoms with van der Waals surface area (Å²) in [5, 5.41) is 5.04. The fourth-order valence-electron chi connectivity index (χ4n) is 2.92. The van der Waals surface area contributed by atoms with Gasteiger partial charge in [0, 0.05) is 6.04 Å². The summed E-state index contributed by atoms with van der Waals surface area (Å²) < 4.78 is 5.19. The number of urea groups is 1. The molecular formula is C19H26N2O4. The van der Waals surface area contributed by atoms with E-state index in [4.69, 9.17) is 4.74 Å². The summed E-state index contributed by atoms with van der Waals surface area (Å²) in [4.78, 5) is 36.2. The first-order valence-electron chi connectivity index (χ1n) is 8.76. The number of rotatable bonds is 4. The standard InChI is InChI=1S/C19H26N2O4/c1-12-9-10-13(2)16(11-12)18(23)25-14(3)17(22)21-19(24)20-15-7-5-4-6-8-15/h9-11,14-15H,4-8H2,1-3H3,(H2,20,21,22,24)/t14-/m1/s1. The highest BCUT2D eigenvalue weighted by Crippen LogP contribution is 2.17. The van der Waals surface area contributed by atoms with Crippen molar-refractivity contribution in [2.24, 2.45) is 0 Å². The highest BCUT2D eigenvalue weighted by atomic mass is 16.5. The molecule has 1 aliphatic carbocycles. The van der Waals surface area contributed by atoms with Crippen LogP contribution in [0.2, 0.25) is 0 Å². The van der Waals surface area contributed by atoms with Gasteiger partial charge in [-0.3, -0.25) is 10.1 Å². The lowest BCUT2D eigenvalue weighted by Gasteiger charge is -2.23. The van der Waals surface area contributed by atoms with Crippen LogP contribution in [0, 0.1) is 13.8 Å². The van der Waals surface area contributed by atoms with Gasteiger partial charge < -0.3 is 10.1 Å². The van der Waals surface area contributed by atoms with Crippen LogP contribution in [0.15, 0.2) is 18.2 Å². The van der Waals surface area contributed by atoms with Gasteiger partial charge in [-0.05, 0) is 45.2 Å². The third-order valence-electron chi connectivity index (χ3n) is 4.44. The molecule has 1 aromatic carbocycles. The zero-order valence-corrected chi connectivity index (χ0v) is 15.1. The molecular weight excluding hydrogens is 320 g/mol. The van der Waals surface area contributed by atoms with Gasteiger partial charge in [-0.25, -0.2) is 9.59 Å². The molecule has 1 fully saturated rings. The molecule has 25 heavy (non-hydrogen) atoms. The summed E-state index contributed by atoms with van der Waals surface area (Å²) in [6.07, 6.45) is 4.16. The molecule has 0 spiro atoms. The highest BCUT2D eigenvalue weighted by molar-refractivity contribution is 5.98. The van der Waals surface area contributed by atoms with Crippen LogP contribution in [-0.4, -0.2) is 30.1 Å². The second kappa shape index (κ2) is 8.65. The van der Waals surface area contributed by atoms with Gasteiger partial charge in [-0.15, -0.1) is 0 Å². The highest BCUT2D eigenvalue weighted by Gasteiger charge is 2.23. The number of hydrogen-bond donors (Lipinski definition) is 2. The van der Waals surface area contributed by atoms with Crippen LogP contribution < -0.4 is 10.6 Å². The number of hydrogen-bond acceptors (Lipinski definition) is 4. The van der Waals surface area contributed by atoms with E-state index >= 15 is 0 Å². The molecule has 1 aromatic rings. The minimum Gasteiger partial charge on any atom is -0.449 e. The Balaban J connectivity index is 1.85. The average Bonchev–Trinajstić information content (AvgIpc) is 2.57. The smallest absolute Gasteiger partial charge is 0.339 e. The van der Waals surface area contributed by atoms with E-state index in [0.29, 0.717) is 5.56 Å². The van der Waals surface area contributed by atoms with Gasteiger partial charge in [0.25, 0.3) is 5.91 Å². The molecule has 0 bridgehead atoms. The van der Waals surface area contributed by atoms with Crippen molar-refractivity contribution in [3.8, 4) is 0 Å². The monoisotopic (exact) mass is 346 g/mol. The molecule has 0 saturated heterocycles. The SMILES string of the molecule is Cc1ccc(C)c(C(=O)O[C@H](C)C(=O)NC(=O)NC2CCCCC2)c1. The summed E-state index contributed by atoms with van der Waals surface area (Å²) in [5.74, 6) is -1.21. The Hall–Kier alpha value is -2.37. The fourth-order valence-corrected chi connectivity index (χ4v) is 2.92. The minimum atomic E-state index is -1.05. The number of carbonyl (C=O) groups excluding carboxylic acids is 3. The Bertz CT molecular complexity index is 651. The number of aryl methyl sites for hydroxylation is 2. The van der Waals surface area contributed by atoms with E-state index in [1.165, 1.54) is 13.3 Å². The second-order valence-electron chi connectivity index (χ2n) is 6.66. The van der Waals surface area contributed by atoms with Gasteiger partial charge >= 0.3 is 12.0 Å². The minimum absolute atomic E-state index is 0.106. The van der Waals surface area contributed by atoms with Crippen LogP contribution in [0.1, 0.15) is 60.5 Å². The normalized spacial score (nSPS) is 16.0. The van der Waals surface area contributed by atoms with E-state index in [2.05, 4.69) is 10.6 Å². The van der Waals surface area contributed by atoms with Crippen LogP contribution in [0.4, 0.5) is 4.79 Å². The van der Waals surface area contributed by atoms with Crippen molar-refractivity contribution in [1.82, 2.24) is 10.6 Å². The van der Waals surface area contributed by atoms with E-state index in [1.807, 2.05) is 19.1 Å². The topological polar surface area (TPSA) is 84.5 Å². The first-order chi connectivity index (χ1) is 11.9. The maximum atomic E-state index is 12.2. The molecule has 1 saturated carbocycles. The number of imide groups is 1. The molecule has 0 aliphatic heterocycles. The molecule has 3 amide bonds. The van der Waals surface area contributed by atoms with E-state index < -0.39 is 24.0 Å². The summed E-state index contributed by atoms with van der Waals surface area (Å²) in [5.41, 5.74) is 2.13. The van der Waals surface area contributed by atoms with Crippen molar-refractivity contribution in [2.45, 2.75) is 65.0 Å². The number of nitrogens with one attached hydrogen (secondary N) is 2. The average molecular weight is 346 g/mol. The zero-order valence-electron chi connectivity index (χ0n) is 15.1. The van der Waals surface area contributed by atoms with Crippen molar-refractivity contribution in [3.05, 3.63) is 34.9 Å². The quantitative estimate of drug-likeness (QED) is 0.821. The molecule has 2 rings (SSSR count). The van der Waals surface area contributed by atoms with Gasteiger partial charge in [0.2, 0.25) is 0 Å². The van der Waals surface area contributed by atoms with Gasteiger partial charge in [0.1, 0.15) is 0 Å². The summed E-state index contributed by atoms with van der Waals surface area (Å²) >= 11 is 0. The number of amides is 3. The van der Waals surface area contributed by atoms with E-state index in [1.54, 1.807) is 13.0 Å². The van der Waals surface area contributed by atoms with Gasteiger partial charge in [-0.1, -0.05) is 37.0 Å². The van der Waals surface area contributed by atoms with Crippen molar-refractivity contribution < 1.29 is 19.1 Å². The second-order valence-corrected chi connectivity index (χ2v) is 6.66. The molecule has 2 N–H and O–H groups in total. The predicted molar refractivity (Wildman–Crippen MR) is 94.3 cm³/mol. The molecule has 0 heterocycles. The van der Waals surface area contributed by atoms with Crippen molar-refractivity contribution in [2.75, 3.05) is 0 Å². The van der Waals surface area contributed by atoms with Crippen LogP contribution in [0.25, 0.3) is 0 Å². The van der Waals surface area contributed by atoms with E-state index in [0.717, 1.165) is 36.8 Å². The van der Waals surface area contributed by atoms with Crippen molar-refractivity contribution >= 4 is 17.9 Å². The predicted octanol–water partition coefficient (Wildman–Crippen LogP) is 3.01. The van der Waals surface area contributed by atoms with Crippen LogP contribution >= 0.6 is 0 Å². The van der Waals surface area contributed by atoms with Gasteiger partial charge in [0.05, 0.1) is 5.56 Å². The lowest BCUT2D eigenvalue weighted by atomic mass is 9.96. The molecule has 1 aliphatic rings. The number of carbonyl (C=O) groups is 3. The van der Waals surface area contributed by atoms with E-state index in [-0.39, 0.29) is 6.04 Å². The number of esters is 1. The lowest BCUT2D eigenvalue weighted by molar-refractivity contribution is -0.127. The molecule has 6 heteroatoms. The maximum absolute atomic E-state index is 12.2. The fraction of sp³-hybridized carbons (Fsp3) is 0.526.